The maximum Gasteiger partial charge on any atom is 0.335 e. The van der Waals surface area contributed by atoms with Gasteiger partial charge in [0.1, 0.15) is 0 Å². The molecule has 6 heteroatoms. The molecule has 0 heterocycles. The Kier molecular flexibility index (Phi) is 13.3. The van der Waals surface area contributed by atoms with Gasteiger partial charge in [0, 0.05) is 0 Å². The number of unbranched alkanes of at least 4 members (excludes halogenated alkanes) is 1. The third-order valence-corrected chi connectivity index (χ3v) is 1.95. The molecular formula is C9H21O5P. The van der Waals surface area contributed by atoms with E-state index in [2.05, 4.69) is 23.1 Å². The lowest BCUT2D eigenvalue weighted by Crippen LogP contribution is -2.20. The first-order valence-electron chi connectivity index (χ1n) is 5.05. The van der Waals surface area contributed by atoms with Gasteiger partial charge in [-0.05, 0) is 13.8 Å². The van der Waals surface area contributed by atoms with Gasteiger partial charge in [0.2, 0.25) is 0 Å². The van der Waals surface area contributed by atoms with Crippen LogP contribution < -0.4 is 0 Å². The van der Waals surface area contributed by atoms with Gasteiger partial charge >= 0.3 is 14.2 Å². The predicted molar refractivity (Wildman–Crippen MR) is 59.0 cm³/mol. The molecule has 0 saturated heterocycles. The van der Waals surface area contributed by atoms with Gasteiger partial charge in [-0.3, -0.25) is 9.09 Å². The first-order chi connectivity index (χ1) is 6.99. The summed E-state index contributed by atoms with van der Waals surface area (Å²) in [6, 6.07) is 0. The van der Waals surface area contributed by atoms with Gasteiger partial charge in [-0.1, -0.05) is 26.7 Å². The molecule has 0 aliphatic carbocycles. The second-order valence-electron chi connectivity index (χ2n) is 2.78. The van der Waals surface area contributed by atoms with Gasteiger partial charge in [0.05, 0.1) is 6.61 Å². The Hall–Kier alpha value is -0.380. The van der Waals surface area contributed by atoms with Crippen molar-refractivity contribution in [2.75, 3.05) is 6.61 Å². The van der Waals surface area contributed by atoms with Gasteiger partial charge in [0.15, 0.2) is 6.10 Å². The van der Waals surface area contributed by atoms with Crippen molar-refractivity contribution >= 4 is 14.2 Å². The zero-order valence-corrected chi connectivity index (χ0v) is 10.8. The number of ether oxygens (including phenoxy) is 1. The highest BCUT2D eigenvalue weighted by Crippen LogP contribution is 2.18. The molecular weight excluding hydrogens is 219 g/mol. The van der Waals surface area contributed by atoms with Crippen molar-refractivity contribution < 1.29 is 23.5 Å². The Morgan fingerprint density at radius 3 is 2.07 bits per heavy atom. The maximum atomic E-state index is 10.7. The molecule has 0 saturated carbocycles. The quantitative estimate of drug-likeness (QED) is 0.588. The molecule has 0 aromatic heterocycles. The standard InChI is InChI=1S/C5H11O5P.C4H10/c1-3-9-5(6)4(2)10-11(7)8;1-3-4-2/h4,11H,3H2,1-2H3,(H,7,8);3-4H2,1-2H3. The molecule has 2 atom stereocenters. The van der Waals surface area contributed by atoms with E-state index >= 15 is 0 Å². The topological polar surface area (TPSA) is 72.8 Å². The zero-order valence-electron chi connectivity index (χ0n) is 9.78. The van der Waals surface area contributed by atoms with Crippen molar-refractivity contribution in [3.05, 3.63) is 0 Å². The summed E-state index contributed by atoms with van der Waals surface area (Å²) in [5.74, 6) is -0.625. The first kappa shape index (κ1) is 17.0. The van der Waals surface area contributed by atoms with Gasteiger partial charge in [-0.15, -0.1) is 0 Å². The van der Waals surface area contributed by atoms with E-state index in [1.807, 2.05) is 0 Å². The molecule has 92 valence electrons. The molecule has 0 aromatic rings. The summed E-state index contributed by atoms with van der Waals surface area (Å²) in [6.45, 7) is 7.60. The van der Waals surface area contributed by atoms with E-state index in [1.165, 1.54) is 19.8 Å². The highest BCUT2D eigenvalue weighted by Gasteiger charge is 2.15. The predicted octanol–water partition coefficient (Wildman–Crippen LogP) is 2.14. The van der Waals surface area contributed by atoms with Gasteiger partial charge in [-0.25, -0.2) is 4.79 Å². The largest absolute Gasteiger partial charge is 0.464 e. The van der Waals surface area contributed by atoms with Crippen LogP contribution in [0.3, 0.4) is 0 Å². The number of hydrogen-bond donors (Lipinski definition) is 1. The molecule has 0 radical (unpaired) electrons. The van der Waals surface area contributed by atoms with Gasteiger partial charge < -0.3 is 9.63 Å². The Bertz CT molecular complexity index is 181. The normalized spacial score (nSPS) is 13.4. The smallest absolute Gasteiger partial charge is 0.335 e. The number of hydrogen-bond acceptors (Lipinski definition) is 4. The fourth-order valence-corrected chi connectivity index (χ4v) is 0.858. The molecule has 0 aromatic carbocycles. The summed E-state index contributed by atoms with van der Waals surface area (Å²) < 4.78 is 18.9. The molecule has 5 nitrogen and oxygen atoms in total. The molecule has 1 N–H and O–H groups in total. The van der Waals surface area contributed by atoms with Gasteiger partial charge in [0.25, 0.3) is 0 Å². The Morgan fingerprint density at radius 1 is 1.33 bits per heavy atom. The minimum atomic E-state index is -3.05. The van der Waals surface area contributed by atoms with Crippen LogP contribution in [0.2, 0.25) is 0 Å². The van der Waals surface area contributed by atoms with Crippen LogP contribution in [0.1, 0.15) is 40.5 Å². The maximum absolute atomic E-state index is 10.7. The number of esters is 1. The lowest BCUT2D eigenvalue weighted by atomic mass is 10.4. The van der Waals surface area contributed by atoms with E-state index in [1.54, 1.807) is 6.92 Å². The van der Waals surface area contributed by atoms with Crippen LogP contribution in [0, 0.1) is 0 Å². The third-order valence-electron chi connectivity index (χ3n) is 1.40. The van der Waals surface area contributed by atoms with Gasteiger partial charge in [-0.2, -0.15) is 0 Å². The van der Waals surface area contributed by atoms with Crippen LogP contribution in [0.25, 0.3) is 0 Å². The fraction of sp³-hybridized carbons (Fsp3) is 0.889. The van der Waals surface area contributed by atoms with E-state index in [4.69, 9.17) is 4.89 Å². The lowest BCUT2D eigenvalue weighted by Gasteiger charge is -2.08. The minimum absolute atomic E-state index is 0.235. The summed E-state index contributed by atoms with van der Waals surface area (Å²) in [5.41, 5.74) is 0. The number of carbonyl (C=O) groups excluding carboxylic acids is 1. The second kappa shape index (κ2) is 11.7. The van der Waals surface area contributed by atoms with Crippen LogP contribution in [-0.2, 0) is 18.6 Å². The summed E-state index contributed by atoms with van der Waals surface area (Å²) >= 11 is 0. The molecule has 0 bridgehead atoms. The lowest BCUT2D eigenvalue weighted by molar-refractivity contribution is -0.150. The first-order valence-corrected chi connectivity index (χ1v) is 6.32. The Balaban J connectivity index is 0. The van der Waals surface area contributed by atoms with Crippen LogP contribution in [-0.4, -0.2) is 23.6 Å². The summed E-state index contributed by atoms with van der Waals surface area (Å²) in [5, 5.41) is 0. The van der Waals surface area contributed by atoms with Crippen LogP contribution in [0.4, 0.5) is 0 Å². The molecule has 0 spiro atoms. The van der Waals surface area contributed by atoms with Crippen molar-refractivity contribution in [2.24, 2.45) is 0 Å². The molecule has 0 rings (SSSR count). The van der Waals surface area contributed by atoms with Crippen LogP contribution in [0.5, 0.6) is 0 Å². The van der Waals surface area contributed by atoms with Crippen LogP contribution in [0.15, 0.2) is 0 Å². The van der Waals surface area contributed by atoms with E-state index in [0.717, 1.165) is 0 Å². The van der Waals surface area contributed by atoms with E-state index < -0.39 is 20.3 Å². The second-order valence-corrected chi connectivity index (χ2v) is 3.55. The van der Waals surface area contributed by atoms with Crippen molar-refractivity contribution in [3.63, 3.8) is 0 Å². The molecule has 0 aliphatic rings. The van der Waals surface area contributed by atoms with E-state index in [0.29, 0.717) is 0 Å². The molecule has 0 fully saturated rings. The van der Waals surface area contributed by atoms with Crippen molar-refractivity contribution in [3.8, 4) is 0 Å². The zero-order chi connectivity index (χ0) is 12.3. The molecule has 0 amide bonds. The monoisotopic (exact) mass is 240 g/mol. The SMILES string of the molecule is CCCC.CCOC(=O)C(C)O[PH](=O)O. The van der Waals surface area contributed by atoms with E-state index in [-0.39, 0.29) is 6.61 Å². The molecule has 15 heavy (non-hydrogen) atoms. The summed E-state index contributed by atoms with van der Waals surface area (Å²) in [6.07, 6.45) is 1.67. The van der Waals surface area contributed by atoms with E-state index in [9.17, 15) is 9.36 Å². The fourth-order valence-electron chi connectivity index (χ4n) is 0.459. The Labute approximate surface area is 91.7 Å². The average Bonchev–Trinajstić information content (AvgIpc) is 2.17. The summed E-state index contributed by atoms with van der Waals surface area (Å²) in [4.78, 5) is 19.0. The number of carbonyl (C=O) groups is 1. The highest BCUT2D eigenvalue weighted by atomic mass is 31.1. The average molecular weight is 240 g/mol. The highest BCUT2D eigenvalue weighted by molar-refractivity contribution is 7.32. The third kappa shape index (κ3) is 13.6. The molecule has 2 unspecified atom stereocenters. The van der Waals surface area contributed by atoms with Crippen molar-refractivity contribution in [1.29, 1.82) is 0 Å². The number of rotatable bonds is 5. The summed E-state index contributed by atoms with van der Waals surface area (Å²) in [7, 11) is -3.05. The van der Waals surface area contributed by atoms with Crippen molar-refractivity contribution in [2.45, 2.75) is 46.6 Å². The van der Waals surface area contributed by atoms with Crippen LogP contribution >= 0.6 is 8.25 Å². The molecule has 0 aliphatic heterocycles. The minimum Gasteiger partial charge on any atom is -0.464 e. The Morgan fingerprint density at radius 2 is 1.80 bits per heavy atom. The van der Waals surface area contributed by atoms with Crippen molar-refractivity contribution in [1.82, 2.24) is 0 Å².